The van der Waals surface area contributed by atoms with Gasteiger partial charge < -0.3 is 19.7 Å². The Morgan fingerprint density at radius 2 is 2.21 bits per heavy atom. The number of rotatable bonds is 4. The first-order valence-corrected chi connectivity index (χ1v) is 6.17. The maximum absolute atomic E-state index is 12.1. The predicted octanol–water partition coefficient (Wildman–Crippen LogP) is 1.24. The molecule has 0 amide bonds. The van der Waals surface area contributed by atoms with E-state index in [0.717, 1.165) is 0 Å². The van der Waals surface area contributed by atoms with Gasteiger partial charge in [-0.25, -0.2) is 0 Å². The van der Waals surface area contributed by atoms with Crippen molar-refractivity contribution in [1.29, 1.82) is 0 Å². The van der Waals surface area contributed by atoms with Gasteiger partial charge in [-0.1, -0.05) is 0 Å². The minimum Gasteiger partial charge on any atom is -0.508 e. The number of aromatic hydroxyl groups is 1. The number of aliphatic hydroxyl groups excluding tert-OH is 1. The van der Waals surface area contributed by atoms with Crippen LogP contribution in [0.3, 0.4) is 0 Å². The van der Waals surface area contributed by atoms with Crippen LogP contribution >= 0.6 is 0 Å². The van der Waals surface area contributed by atoms with E-state index in [1.165, 1.54) is 19.1 Å². The van der Waals surface area contributed by atoms with Crippen LogP contribution in [0.5, 0.6) is 11.5 Å². The van der Waals surface area contributed by atoms with Crippen molar-refractivity contribution in [3.63, 3.8) is 0 Å². The molecule has 1 aliphatic rings. The number of aryl methyl sites for hydroxylation is 1. The average molecular weight is 264 g/mol. The van der Waals surface area contributed by atoms with Crippen LogP contribution in [-0.2, 0) is 11.2 Å². The molecule has 0 fully saturated rings. The highest BCUT2D eigenvalue weighted by atomic mass is 16.5. The van der Waals surface area contributed by atoms with Crippen molar-refractivity contribution >= 4 is 11.6 Å². The fraction of sp³-hybridized carbons (Fsp3) is 0.429. The van der Waals surface area contributed by atoms with Gasteiger partial charge in [0.05, 0.1) is 18.6 Å². The maximum atomic E-state index is 12.1. The molecule has 0 bridgehead atoms. The summed E-state index contributed by atoms with van der Waals surface area (Å²) >= 11 is 0. The minimum absolute atomic E-state index is 0.0105. The van der Waals surface area contributed by atoms with Gasteiger partial charge in [0.2, 0.25) is 0 Å². The highest BCUT2D eigenvalue weighted by Gasteiger charge is 2.28. The summed E-state index contributed by atoms with van der Waals surface area (Å²) in [4.78, 5) is 23.1. The van der Waals surface area contributed by atoms with Crippen molar-refractivity contribution in [3.8, 4) is 11.5 Å². The van der Waals surface area contributed by atoms with E-state index in [1.807, 2.05) is 0 Å². The van der Waals surface area contributed by atoms with Crippen LogP contribution in [0.15, 0.2) is 12.1 Å². The number of benzene rings is 1. The number of hydrogen-bond donors (Lipinski definition) is 2. The van der Waals surface area contributed by atoms with E-state index >= 15 is 0 Å². The molecule has 1 aromatic carbocycles. The van der Waals surface area contributed by atoms with Gasteiger partial charge in [-0.2, -0.15) is 0 Å². The van der Waals surface area contributed by atoms with E-state index in [-0.39, 0.29) is 36.1 Å². The molecular weight excluding hydrogens is 248 g/mol. The molecular formula is C14H16O5. The number of Topliss-reactive ketones (excluding diaryl/α,β-unsaturated/α-hetero) is 2. The average Bonchev–Trinajstić information content (AvgIpc) is 2.34. The van der Waals surface area contributed by atoms with E-state index in [4.69, 9.17) is 9.84 Å². The van der Waals surface area contributed by atoms with Crippen molar-refractivity contribution in [2.24, 2.45) is 0 Å². The Bertz CT molecular complexity index is 521. The fourth-order valence-corrected chi connectivity index (χ4v) is 2.21. The summed E-state index contributed by atoms with van der Waals surface area (Å²) in [7, 11) is 0. The van der Waals surface area contributed by atoms with Gasteiger partial charge in [-0.3, -0.25) is 4.79 Å². The van der Waals surface area contributed by atoms with Crippen molar-refractivity contribution in [2.45, 2.75) is 32.3 Å². The van der Waals surface area contributed by atoms with Crippen LogP contribution < -0.4 is 4.74 Å². The zero-order valence-electron chi connectivity index (χ0n) is 10.7. The SMILES string of the molecule is CC(=O)CCc1cc(O)cc2c1C(=O)C[C@H](CO)O2. The second kappa shape index (κ2) is 5.40. The summed E-state index contributed by atoms with van der Waals surface area (Å²) in [6.07, 6.45) is 0.251. The predicted molar refractivity (Wildman–Crippen MR) is 67.6 cm³/mol. The van der Waals surface area contributed by atoms with Crippen LogP contribution in [0.2, 0.25) is 0 Å². The minimum atomic E-state index is -0.567. The second-order valence-corrected chi connectivity index (χ2v) is 4.73. The summed E-state index contributed by atoms with van der Waals surface area (Å²) in [5.74, 6) is 0.172. The molecule has 5 nitrogen and oxygen atoms in total. The van der Waals surface area contributed by atoms with Crippen LogP contribution in [0.4, 0.5) is 0 Å². The van der Waals surface area contributed by atoms with Crippen molar-refractivity contribution in [1.82, 2.24) is 0 Å². The Morgan fingerprint density at radius 3 is 2.84 bits per heavy atom. The number of phenolic OH excluding ortho intramolecular Hbond substituents is 1. The third kappa shape index (κ3) is 2.93. The summed E-state index contributed by atoms with van der Waals surface area (Å²) < 4.78 is 5.46. The quantitative estimate of drug-likeness (QED) is 0.854. The molecule has 1 heterocycles. The van der Waals surface area contributed by atoms with E-state index in [0.29, 0.717) is 24.0 Å². The number of ether oxygens (including phenoxy) is 1. The molecule has 2 N–H and O–H groups in total. The van der Waals surface area contributed by atoms with Gasteiger partial charge in [-0.15, -0.1) is 0 Å². The molecule has 1 atom stereocenters. The molecule has 19 heavy (non-hydrogen) atoms. The number of hydrogen-bond acceptors (Lipinski definition) is 5. The Morgan fingerprint density at radius 1 is 1.47 bits per heavy atom. The normalized spacial score (nSPS) is 17.8. The number of fused-ring (bicyclic) bond motifs is 1. The highest BCUT2D eigenvalue weighted by molar-refractivity contribution is 6.01. The van der Waals surface area contributed by atoms with E-state index in [1.54, 1.807) is 0 Å². The Labute approximate surface area is 110 Å². The molecule has 2 rings (SSSR count). The van der Waals surface area contributed by atoms with Gasteiger partial charge in [0.1, 0.15) is 23.4 Å². The number of carbonyl (C=O) groups excluding carboxylic acids is 2. The molecule has 0 radical (unpaired) electrons. The molecule has 1 aromatic rings. The molecule has 0 saturated carbocycles. The first-order valence-electron chi connectivity index (χ1n) is 6.17. The standard InChI is InChI=1S/C14H16O5/c1-8(16)2-3-9-4-10(17)5-13-14(9)12(18)6-11(7-15)19-13/h4-5,11,15,17H,2-3,6-7H2,1H3/t11-/m1/s1. The van der Waals surface area contributed by atoms with Crippen LogP contribution in [-0.4, -0.2) is 34.5 Å². The monoisotopic (exact) mass is 264 g/mol. The maximum Gasteiger partial charge on any atom is 0.170 e. The lowest BCUT2D eigenvalue weighted by Gasteiger charge is -2.25. The topological polar surface area (TPSA) is 83.8 Å². The molecule has 0 spiro atoms. The van der Waals surface area contributed by atoms with Gasteiger partial charge in [-0.05, 0) is 25.0 Å². The third-order valence-corrected chi connectivity index (χ3v) is 3.10. The molecule has 0 aliphatic carbocycles. The molecule has 102 valence electrons. The Kier molecular flexibility index (Phi) is 3.85. The zero-order chi connectivity index (χ0) is 14.0. The lowest BCUT2D eigenvalue weighted by molar-refractivity contribution is -0.116. The van der Waals surface area contributed by atoms with Gasteiger partial charge >= 0.3 is 0 Å². The molecule has 1 aliphatic heterocycles. The Balaban J connectivity index is 2.38. The number of aliphatic hydroxyl groups is 1. The fourth-order valence-electron chi connectivity index (χ4n) is 2.21. The number of carbonyl (C=O) groups is 2. The van der Waals surface area contributed by atoms with Crippen LogP contribution in [0.25, 0.3) is 0 Å². The first-order chi connectivity index (χ1) is 9.01. The van der Waals surface area contributed by atoms with E-state index in [2.05, 4.69) is 0 Å². The summed E-state index contributed by atoms with van der Waals surface area (Å²) in [6, 6.07) is 2.86. The lowest BCUT2D eigenvalue weighted by Crippen LogP contribution is -2.30. The molecule has 5 heteroatoms. The van der Waals surface area contributed by atoms with E-state index < -0.39 is 6.10 Å². The molecule has 0 saturated heterocycles. The number of ketones is 2. The van der Waals surface area contributed by atoms with Crippen molar-refractivity contribution < 1.29 is 24.5 Å². The zero-order valence-corrected chi connectivity index (χ0v) is 10.7. The highest BCUT2D eigenvalue weighted by Crippen LogP contribution is 2.34. The second-order valence-electron chi connectivity index (χ2n) is 4.73. The lowest BCUT2D eigenvalue weighted by atomic mass is 9.93. The summed E-state index contributed by atoms with van der Waals surface area (Å²) in [6.45, 7) is 1.24. The molecule has 0 unspecified atom stereocenters. The Hall–Kier alpha value is -1.88. The van der Waals surface area contributed by atoms with E-state index in [9.17, 15) is 14.7 Å². The van der Waals surface area contributed by atoms with Crippen LogP contribution in [0, 0.1) is 0 Å². The summed E-state index contributed by atoms with van der Waals surface area (Å²) in [5, 5.41) is 18.7. The third-order valence-electron chi connectivity index (χ3n) is 3.10. The first kappa shape index (κ1) is 13.5. The summed E-state index contributed by atoms with van der Waals surface area (Å²) in [5.41, 5.74) is 1.04. The number of phenols is 1. The van der Waals surface area contributed by atoms with Crippen molar-refractivity contribution in [2.75, 3.05) is 6.61 Å². The largest absolute Gasteiger partial charge is 0.508 e. The molecule has 0 aromatic heterocycles. The van der Waals surface area contributed by atoms with Gasteiger partial charge in [0.25, 0.3) is 0 Å². The smallest absolute Gasteiger partial charge is 0.170 e. The van der Waals surface area contributed by atoms with Crippen LogP contribution in [0.1, 0.15) is 35.7 Å². The van der Waals surface area contributed by atoms with Gasteiger partial charge in [0.15, 0.2) is 5.78 Å². The van der Waals surface area contributed by atoms with Gasteiger partial charge in [0, 0.05) is 12.5 Å². The van der Waals surface area contributed by atoms with Crippen molar-refractivity contribution in [3.05, 3.63) is 23.3 Å².